The fourth-order valence-electron chi connectivity index (χ4n) is 2.21. The molecule has 7 heteroatoms. The first-order chi connectivity index (χ1) is 12.0. The Bertz CT molecular complexity index is 891. The number of nitrogens with one attached hydrogen (secondary N) is 1. The number of carbonyl (C=O) groups excluding carboxylic acids is 2. The van der Waals surface area contributed by atoms with Crippen LogP contribution in [0.2, 0.25) is 0 Å². The molecule has 2 aromatic carbocycles. The van der Waals surface area contributed by atoms with Crippen LogP contribution in [-0.2, 0) is 4.79 Å². The Hall–Kier alpha value is -2.64. The molecule has 1 heterocycles. The quantitative estimate of drug-likeness (QED) is 0.641. The molecule has 3 rings (SSSR count). The summed E-state index contributed by atoms with van der Waals surface area (Å²) in [5, 5.41) is 10.8. The number of hydrazine groups is 1. The number of phenolic OH excluding ortho intramolecular Hbond substituents is 1. The number of carbonyl (C=O) groups is 2. The first-order valence-electron chi connectivity index (χ1n) is 7.39. The predicted octanol–water partition coefficient (Wildman–Crippen LogP) is 3.25. The summed E-state index contributed by atoms with van der Waals surface area (Å²) in [4.78, 5) is 25.2. The summed E-state index contributed by atoms with van der Waals surface area (Å²) in [5.74, 6) is -1.18. The summed E-state index contributed by atoms with van der Waals surface area (Å²) >= 11 is 6.30. The first kappa shape index (κ1) is 17.2. The molecule has 1 saturated heterocycles. The highest BCUT2D eigenvalue weighted by molar-refractivity contribution is 8.26. The third kappa shape index (κ3) is 3.72. The summed E-state index contributed by atoms with van der Waals surface area (Å²) in [6, 6.07) is 13.8. The SMILES string of the molecule is Cc1ccc(C=C2SC(=S)N(NC(=O)c3ccccc3O)C2=O)cc1. The highest BCUT2D eigenvalue weighted by atomic mass is 32.2. The number of hydrogen-bond donors (Lipinski definition) is 2. The van der Waals surface area contributed by atoms with Crippen LogP contribution in [0.4, 0.5) is 0 Å². The molecule has 0 atom stereocenters. The number of amides is 2. The number of nitrogens with zero attached hydrogens (tertiary/aromatic N) is 1. The molecule has 2 aromatic rings. The zero-order chi connectivity index (χ0) is 18.0. The van der Waals surface area contributed by atoms with Gasteiger partial charge >= 0.3 is 0 Å². The Kier molecular flexibility index (Phi) is 4.87. The van der Waals surface area contributed by atoms with E-state index in [1.165, 1.54) is 12.1 Å². The van der Waals surface area contributed by atoms with Gasteiger partial charge in [-0.3, -0.25) is 15.0 Å². The van der Waals surface area contributed by atoms with Gasteiger partial charge in [0.05, 0.1) is 10.5 Å². The topological polar surface area (TPSA) is 69.6 Å². The maximum Gasteiger partial charge on any atom is 0.285 e. The maximum absolute atomic E-state index is 12.5. The molecule has 0 saturated carbocycles. The second kappa shape index (κ2) is 7.08. The summed E-state index contributed by atoms with van der Waals surface area (Å²) in [5.41, 5.74) is 4.51. The van der Waals surface area contributed by atoms with Crippen molar-refractivity contribution in [1.82, 2.24) is 10.4 Å². The molecular formula is C18H14N2O3S2. The molecule has 126 valence electrons. The van der Waals surface area contributed by atoms with Gasteiger partial charge < -0.3 is 5.11 Å². The molecule has 5 nitrogen and oxygen atoms in total. The molecule has 25 heavy (non-hydrogen) atoms. The fourth-order valence-corrected chi connectivity index (χ4v) is 3.39. The van der Waals surface area contributed by atoms with E-state index in [1.807, 2.05) is 31.2 Å². The number of rotatable bonds is 3. The number of aromatic hydroxyl groups is 1. The third-order valence-electron chi connectivity index (χ3n) is 3.53. The van der Waals surface area contributed by atoms with Gasteiger partial charge in [-0.15, -0.1) is 0 Å². The smallest absolute Gasteiger partial charge is 0.285 e. The Morgan fingerprint density at radius 3 is 2.56 bits per heavy atom. The average Bonchev–Trinajstić information content (AvgIpc) is 2.85. The Morgan fingerprint density at radius 2 is 1.88 bits per heavy atom. The van der Waals surface area contributed by atoms with E-state index in [0.29, 0.717) is 4.91 Å². The standard InChI is InChI=1S/C18H14N2O3S2/c1-11-6-8-12(9-7-11)10-15-17(23)20(18(24)25-15)19-16(22)13-4-2-3-5-14(13)21/h2-10,21H,1H3,(H,19,22). The zero-order valence-electron chi connectivity index (χ0n) is 13.2. The lowest BCUT2D eigenvalue weighted by atomic mass is 10.1. The van der Waals surface area contributed by atoms with Crippen molar-refractivity contribution < 1.29 is 14.7 Å². The Labute approximate surface area is 154 Å². The summed E-state index contributed by atoms with van der Waals surface area (Å²) < 4.78 is 0.229. The van der Waals surface area contributed by atoms with E-state index in [-0.39, 0.29) is 15.6 Å². The van der Waals surface area contributed by atoms with Crippen molar-refractivity contribution in [3.05, 3.63) is 70.1 Å². The maximum atomic E-state index is 12.5. The Balaban J connectivity index is 1.79. The normalized spacial score (nSPS) is 15.7. The molecule has 0 unspecified atom stereocenters. The lowest BCUT2D eigenvalue weighted by Gasteiger charge is -2.16. The van der Waals surface area contributed by atoms with Crippen LogP contribution in [0.1, 0.15) is 21.5 Å². The number of hydrogen-bond acceptors (Lipinski definition) is 5. The Morgan fingerprint density at radius 1 is 1.20 bits per heavy atom. The predicted molar refractivity (Wildman–Crippen MR) is 102 cm³/mol. The van der Waals surface area contributed by atoms with Crippen LogP contribution in [0.15, 0.2) is 53.4 Å². The largest absolute Gasteiger partial charge is 0.507 e. The highest BCUT2D eigenvalue weighted by Crippen LogP contribution is 2.31. The van der Waals surface area contributed by atoms with Crippen molar-refractivity contribution in [2.45, 2.75) is 6.92 Å². The second-order valence-electron chi connectivity index (χ2n) is 5.39. The molecular weight excluding hydrogens is 356 g/mol. The van der Waals surface area contributed by atoms with Crippen molar-refractivity contribution in [3.63, 3.8) is 0 Å². The molecule has 0 spiro atoms. The van der Waals surface area contributed by atoms with Gasteiger partial charge in [-0.05, 0) is 42.9 Å². The van der Waals surface area contributed by atoms with Crippen LogP contribution >= 0.6 is 24.0 Å². The van der Waals surface area contributed by atoms with E-state index >= 15 is 0 Å². The monoisotopic (exact) mass is 370 g/mol. The van der Waals surface area contributed by atoms with Crippen LogP contribution in [0, 0.1) is 6.92 Å². The first-order valence-corrected chi connectivity index (χ1v) is 8.62. The van der Waals surface area contributed by atoms with Crippen molar-refractivity contribution in [3.8, 4) is 5.75 Å². The van der Waals surface area contributed by atoms with Crippen LogP contribution < -0.4 is 5.43 Å². The van der Waals surface area contributed by atoms with Crippen LogP contribution in [-0.4, -0.2) is 26.3 Å². The van der Waals surface area contributed by atoms with Gasteiger partial charge in [-0.2, -0.15) is 5.01 Å². The molecule has 1 aliphatic rings. The van der Waals surface area contributed by atoms with Gasteiger partial charge in [0, 0.05) is 0 Å². The zero-order valence-corrected chi connectivity index (χ0v) is 14.9. The average molecular weight is 370 g/mol. The third-order valence-corrected chi connectivity index (χ3v) is 4.83. The minimum Gasteiger partial charge on any atom is -0.507 e. The number of para-hydroxylation sites is 1. The summed E-state index contributed by atoms with van der Waals surface area (Å²) in [7, 11) is 0. The van der Waals surface area contributed by atoms with Crippen molar-refractivity contribution in [2.75, 3.05) is 0 Å². The lowest BCUT2D eigenvalue weighted by molar-refractivity contribution is -0.123. The van der Waals surface area contributed by atoms with E-state index in [4.69, 9.17) is 12.2 Å². The van der Waals surface area contributed by atoms with Gasteiger partial charge in [0.2, 0.25) is 0 Å². The fraction of sp³-hybridized carbons (Fsp3) is 0.0556. The number of benzene rings is 2. The van der Waals surface area contributed by atoms with Crippen molar-refractivity contribution >= 4 is 46.2 Å². The number of phenols is 1. The summed E-state index contributed by atoms with van der Waals surface area (Å²) in [6.07, 6.45) is 1.73. The van der Waals surface area contributed by atoms with Crippen LogP contribution in [0.3, 0.4) is 0 Å². The van der Waals surface area contributed by atoms with E-state index in [2.05, 4.69) is 5.43 Å². The van der Waals surface area contributed by atoms with E-state index in [1.54, 1.807) is 18.2 Å². The minimum absolute atomic E-state index is 0.0686. The molecule has 1 fully saturated rings. The molecule has 0 radical (unpaired) electrons. The van der Waals surface area contributed by atoms with Gasteiger partial charge in [0.15, 0.2) is 4.32 Å². The van der Waals surface area contributed by atoms with Crippen LogP contribution in [0.25, 0.3) is 6.08 Å². The highest BCUT2D eigenvalue weighted by Gasteiger charge is 2.34. The number of aryl methyl sites for hydroxylation is 1. The summed E-state index contributed by atoms with van der Waals surface area (Å²) in [6.45, 7) is 1.98. The number of thiocarbonyl (C=S) groups is 1. The molecule has 1 aliphatic heterocycles. The lowest BCUT2D eigenvalue weighted by Crippen LogP contribution is -2.44. The molecule has 2 N–H and O–H groups in total. The van der Waals surface area contributed by atoms with E-state index in [9.17, 15) is 14.7 Å². The van der Waals surface area contributed by atoms with Crippen LogP contribution in [0.5, 0.6) is 5.75 Å². The second-order valence-corrected chi connectivity index (χ2v) is 7.06. The molecule has 0 aliphatic carbocycles. The van der Waals surface area contributed by atoms with Crippen molar-refractivity contribution in [1.29, 1.82) is 0 Å². The van der Waals surface area contributed by atoms with Crippen molar-refractivity contribution in [2.24, 2.45) is 0 Å². The molecule has 0 bridgehead atoms. The van der Waals surface area contributed by atoms with E-state index < -0.39 is 11.8 Å². The molecule has 2 amide bonds. The number of thioether (sulfide) groups is 1. The van der Waals surface area contributed by atoms with Gasteiger partial charge in [-0.1, -0.05) is 53.7 Å². The minimum atomic E-state index is -0.606. The van der Waals surface area contributed by atoms with E-state index in [0.717, 1.165) is 27.9 Å². The van der Waals surface area contributed by atoms with Gasteiger partial charge in [0.1, 0.15) is 5.75 Å². The van der Waals surface area contributed by atoms with Gasteiger partial charge in [0.25, 0.3) is 11.8 Å². The van der Waals surface area contributed by atoms with Gasteiger partial charge in [-0.25, -0.2) is 0 Å². The molecule has 0 aromatic heterocycles.